The molecule has 0 aromatic carbocycles. The standard InChI is InChI=1S/C15H29BrN4O/c1-6-15(7-2,21-8-3)14(17)13-12(16)11-18-20(13)10-9-19(4)5/h11,14H,6-10,17H2,1-5H3. The van der Waals surface area contributed by atoms with Gasteiger partial charge in [0.2, 0.25) is 0 Å². The summed E-state index contributed by atoms with van der Waals surface area (Å²) in [5.41, 5.74) is 7.29. The van der Waals surface area contributed by atoms with Crippen LogP contribution in [0.3, 0.4) is 0 Å². The second kappa shape index (κ2) is 8.27. The Hall–Kier alpha value is -0.430. The lowest BCUT2D eigenvalue weighted by molar-refractivity contribution is -0.0664. The number of aromatic nitrogens is 2. The normalized spacial score (nSPS) is 13.9. The lowest BCUT2D eigenvalue weighted by atomic mass is 9.86. The van der Waals surface area contributed by atoms with E-state index in [0.717, 1.165) is 36.1 Å². The maximum Gasteiger partial charge on any atom is 0.0884 e. The highest BCUT2D eigenvalue weighted by Crippen LogP contribution is 2.36. The Kier molecular flexibility index (Phi) is 7.33. The Morgan fingerprint density at radius 3 is 2.48 bits per heavy atom. The average Bonchev–Trinajstić information content (AvgIpc) is 2.83. The summed E-state index contributed by atoms with van der Waals surface area (Å²) in [6.45, 7) is 8.69. The van der Waals surface area contributed by atoms with E-state index < -0.39 is 0 Å². The second-order valence-corrected chi connectivity index (χ2v) is 6.44. The number of likely N-dealkylation sites (N-methyl/N-ethyl adjacent to an activating group) is 1. The summed E-state index contributed by atoms with van der Waals surface area (Å²) < 4.78 is 9.00. The number of nitrogens with two attached hydrogens (primary N) is 1. The van der Waals surface area contributed by atoms with Crippen LogP contribution >= 0.6 is 15.9 Å². The van der Waals surface area contributed by atoms with Gasteiger partial charge in [0, 0.05) is 13.2 Å². The van der Waals surface area contributed by atoms with Crippen LogP contribution in [-0.2, 0) is 11.3 Å². The Labute approximate surface area is 136 Å². The van der Waals surface area contributed by atoms with Crippen LogP contribution in [0.4, 0.5) is 0 Å². The molecule has 6 heteroatoms. The van der Waals surface area contributed by atoms with Crippen LogP contribution in [0, 0.1) is 0 Å². The SMILES string of the molecule is CCOC(CC)(CC)C(N)c1c(Br)cnn1CCN(C)C. The molecule has 0 bridgehead atoms. The van der Waals surface area contributed by atoms with Crippen molar-refractivity contribution in [2.45, 2.75) is 51.8 Å². The number of hydrogen-bond acceptors (Lipinski definition) is 4. The van der Waals surface area contributed by atoms with Crippen LogP contribution in [0.2, 0.25) is 0 Å². The zero-order chi connectivity index (χ0) is 16.0. The summed E-state index contributed by atoms with van der Waals surface area (Å²) in [4.78, 5) is 2.14. The summed E-state index contributed by atoms with van der Waals surface area (Å²) >= 11 is 3.59. The molecular weight excluding hydrogens is 332 g/mol. The molecule has 0 amide bonds. The molecule has 0 spiro atoms. The first-order valence-electron chi connectivity index (χ1n) is 7.67. The van der Waals surface area contributed by atoms with Gasteiger partial charge in [-0.3, -0.25) is 4.68 Å². The first-order chi connectivity index (χ1) is 9.91. The monoisotopic (exact) mass is 360 g/mol. The number of nitrogens with zero attached hydrogens (tertiary/aromatic N) is 3. The van der Waals surface area contributed by atoms with E-state index in [-0.39, 0.29) is 11.6 Å². The number of ether oxygens (including phenoxy) is 1. The molecule has 1 aromatic heterocycles. The minimum atomic E-state index is -0.340. The second-order valence-electron chi connectivity index (χ2n) is 5.59. The third-order valence-electron chi connectivity index (χ3n) is 4.08. The number of halogens is 1. The van der Waals surface area contributed by atoms with Crippen molar-refractivity contribution in [2.24, 2.45) is 5.73 Å². The van der Waals surface area contributed by atoms with Crippen LogP contribution < -0.4 is 5.73 Å². The highest BCUT2D eigenvalue weighted by molar-refractivity contribution is 9.10. The predicted octanol–water partition coefficient (Wildman–Crippen LogP) is 2.80. The molecule has 0 fully saturated rings. The van der Waals surface area contributed by atoms with Gasteiger partial charge in [0.1, 0.15) is 0 Å². The van der Waals surface area contributed by atoms with E-state index in [9.17, 15) is 0 Å². The fourth-order valence-electron chi connectivity index (χ4n) is 2.67. The molecular formula is C15H29BrN4O. The van der Waals surface area contributed by atoms with Crippen molar-refractivity contribution in [3.63, 3.8) is 0 Å². The Balaban J connectivity index is 3.09. The molecule has 5 nitrogen and oxygen atoms in total. The molecule has 1 heterocycles. The van der Waals surface area contributed by atoms with Gasteiger partial charge in [-0.25, -0.2) is 0 Å². The van der Waals surface area contributed by atoms with Gasteiger partial charge in [0.25, 0.3) is 0 Å². The highest BCUT2D eigenvalue weighted by Gasteiger charge is 2.38. The number of hydrogen-bond donors (Lipinski definition) is 1. The van der Waals surface area contributed by atoms with E-state index in [1.165, 1.54) is 0 Å². The summed E-state index contributed by atoms with van der Waals surface area (Å²) in [5, 5.41) is 4.46. The van der Waals surface area contributed by atoms with Crippen molar-refractivity contribution in [3.05, 3.63) is 16.4 Å². The predicted molar refractivity (Wildman–Crippen MR) is 90.3 cm³/mol. The largest absolute Gasteiger partial charge is 0.373 e. The quantitative estimate of drug-likeness (QED) is 0.735. The molecule has 2 N–H and O–H groups in total. The van der Waals surface area contributed by atoms with Gasteiger partial charge in [0.05, 0.1) is 34.6 Å². The smallest absolute Gasteiger partial charge is 0.0884 e. The molecule has 122 valence electrons. The fourth-order valence-corrected chi connectivity index (χ4v) is 3.22. The van der Waals surface area contributed by atoms with E-state index >= 15 is 0 Å². The van der Waals surface area contributed by atoms with Crippen LogP contribution in [-0.4, -0.2) is 47.5 Å². The number of rotatable bonds is 9. The molecule has 1 rings (SSSR count). The fraction of sp³-hybridized carbons (Fsp3) is 0.800. The van der Waals surface area contributed by atoms with Crippen molar-refractivity contribution in [1.82, 2.24) is 14.7 Å². The zero-order valence-electron chi connectivity index (χ0n) is 13.9. The minimum Gasteiger partial charge on any atom is -0.373 e. The molecule has 21 heavy (non-hydrogen) atoms. The topological polar surface area (TPSA) is 56.3 Å². The molecule has 0 saturated heterocycles. The lowest BCUT2D eigenvalue weighted by Gasteiger charge is -2.37. The third-order valence-corrected chi connectivity index (χ3v) is 4.69. The van der Waals surface area contributed by atoms with Gasteiger partial charge in [-0.2, -0.15) is 5.10 Å². The average molecular weight is 361 g/mol. The molecule has 0 aliphatic heterocycles. The Bertz CT molecular complexity index is 429. The van der Waals surface area contributed by atoms with E-state index in [0.29, 0.717) is 6.61 Å². The van der Waals surface area contributed by atoms with Gasteiger partial charge in [-0.05, 0) is 49.8 Å². The maximum absolute atomic E-state index is 6.60. The van der Waals surface area contributed by atoms with Crippen LogP contribution in [0.15, 0.2) is 10.7 Å². The molecule has 0 radical (unpaired) electrons. The summed E-state index contributed by atoms with van der Waals surface area (Å²) in [6.07, 6.45) is 3.58. The van der Waals surface area contributed by atoms with E-state index in [2.05, 4.69) is 53.9 Å². The van der Waals surface area contributed by atoms with Crippen molar-refractivity contribution in [1.29, 1.82) is 0 Å². The maximum atomic E-state index is 6.60. The first kappa shape index (κ1) is 18.6. The van der Waals surface area contributed by atoms with Crippen molar-refractivity contribution >= 4 is 15.9 Å². The Morgan fingerprint density at radius 2 is 2.00 bits per heavy atom. The molecule has 0 aliphatic carbocycles. The summed E-state index contributed by atoms with van der Waals surface area (Å²) in [6, 6.07) is -0.202. The van der Waals surface area contributed by atoms with E-state index in [4.69, 9.17) is 10.5 Å². The van der Waals surface area contributed by atoms with Gasteiger partial charge in [-0.1, -0.05) is 13.8 Å². The van der Waals surface area contributed by atoms with Crippen molar-refractivity contribution in [3.8, 4) is 0 Å². The minimum absolute atomic E-state index is 0.202. The lowest BCUT2D eigenvalue weighted by Crippen LogP contribution is -2.44. The summed E-state index contributed by atoms with van der Waals surface area (Å²) in [7, 11) is 4.11. The van der Waals surface area contributed by atoms with Crippen LogP contribution in [0.1, 0.15) is 45.3 Å². The van der Waals surface area contributed by atoms with Gasteiger partial charge in [-0.15, -0.1) is 0 Å². The molecule has 1 aromatic rings. The third kappa shape index (κ3) is 4.28. The van der Waals surface area contributed by atoms with Gasteiger partial charge < -0.3 is 15.4 Å². The van der Waals surface area contributed by atoms with Gasteiger partial charge >= 0.3 is 0 Å². The van der Waals surface area contributed by atoms with E-state index in [1.807, 2.05) is 17.8 Å². The summed E-state index contributed by atoms with van der Waals surface area (Å²) in [5.74, 6) is 0. The van der Waals surface area contributed by atoms with Crippen LogP contribution in [0.5, 0.6) is 0 Å². The van der Waals surface area contributed by atoms with E-state index in [1.54, 1.807) is 0 Å². The molecule has 0 aliphatic rings. The van der Waals surface area contributed by atoms with Crippen LogP contribution in [0.25, 0.3) is 0 Å². The highest BCUT2D eigenvalue weighted by atomic mass is 79.9. The Morgan fingerprint density at radius 1 is 1.38 bits per heavy atom. The van der Waals surface area contributed by atoms with Crippen molar-refractivity contribution in [2.75, 3.05) is 27.2 Å². The van der Waals surface area contributed by atoms with Gasteiger partial charge in [0.15, 0.2) is 0 Å². The zero-order valence-corrected chi connectivity index (χ0v) is 15.5. The first-order valence-corrected chi connectivity index (χ1v) is 8.46. The van der Waals surface area contributed by atoms with Crippen molar-refractivity contribution < 1.29 is 4.74 Å². The molecule has 0 saturated carbocycles. The molecule has 1 unspecified atom stereocenters. The molecule has 1 atom stereocenters.